The van der Waals surface area contributed by atoms with Crippen molar-refractivity contribution in [2.75, 3.05) is 0 Å². The predicted molar refractivity (Wildman–Crippen MR) is 72.2 cm³/mol. The van der Waals surface area contributed by atoms with Crippen molar-refractivity contribution in [2.45, 2.75) is 19.8 Å². The number of hydrogen-bond donors (Lipinski definition) is 0. The molecule has 0 aliphatic carbocycles. The number of amidine groups is 2. The number of carbonyl (C=O) groups excluding carboxylic acids is 1. The molecule has 0 bridgehead atoms. The SMILES string of the molecule is CCC1=C2C(=O)N=C(Cc3ccccc3)N=C2N=N1. The Kier molecular flexibility index (Phi) is 2.87. The van der Waals surface area contributed by atoms with E-state index in [-0.39, 0.29) is 5.91 Å². The zero-order chi connectivity index (χ0) is 13.2. The van der Waals surface area contributed by atoms with E-state index in [1.165, 1.54) is 0 Å². The normalized spacial score (nSPS) is 17.4. The van der Waals surface area contributed by atoms with E-state index in [0.29, 0.717) is 35.8 Å². The second-order valence-corrected chi connectivity index (χ2v) is 4.31. The van der Waals surface area contributed by atoms with Crippen molar-refractivity contribution >= 4 is 17.6 Å². The molecule has 0 saturated heterocycles. The average molecular weight is 252 g/mol. The van der Waals surface area contributed by atoms with E-state index in [1.54, 1.807) is 0 Å². The van der Waals surface area contributed by atoms with Crippen molar-refractivity contribution in [3.63, 3.8) is 0 Å². The summed E-state index contributed by atoms with van der Waals surface area (Å²) >= 11 is 0. The minimum Gasteiger partial charge on any atom is -0.266 e. The molecule has 5 heteroatoms. The highest BCUT2D eigenvalue weighted by molar-refractivity contribution is 6.29. The fraction of sp³-hybridized carbons (Fsp3) is 0.214. The van der Waals surface area contributed by atoms with Crippen LogP contribution >= 0.6 is 0 Å². The molecule has 0 atom stereocenters. The van der Waals surface area contributed by atoms with Crippen LogP contribution in [0.4, 0.5) is 0 Å². The van der Waals surface area contributed by atoms with E-state index < -0.39 is 0 Å². The van der Waals surface area contributed by atoms with E-state index in [9.17, 15) is 4.79 Å². The van der Waals surface area contributed by atoms with Crippen LogP contribution in [0.25, 0.3) is 0 Å². The van der Waals surface area contributed by atoms with Gasteiger partial charge in [0.1, 0.15) is 11.4 Å². The maximum Gasteiger partial charge on any atom is 0.284 e. The maximum absolute atomic E-state index is 12.0. The monoisotopic (exact) mass is 252 g/mol. The smallest absolute Gasteiger partial charge is 0.266 e. The second-order valence-electron chi connectivity index (χ2n) is 4.31. The number of rotatable bonds is 3. The van der Waals surface area contributed by atoms with Crippen LogP contribution in [0, 0.1) is 0 Å². The van der Waals surface area contributed by atoms with E-state index >= 15 is 0 Å². The Bertz CT molecular complexity index is 653. The van der Waals surface area contributed by atoms with E-state index in [0.717, 1.165) is 5.56 Å². The van der Waals surface area contributed by atoms with Crippen molar-refractivity contribution in [3.05, 3.63) is 47.2 Å². The molecule has 2 aliphatic rings. The first-order chi connectivity index (χ1) is 9.28. The molecular weight excluding hydrogens is 240 g/mol. The molecule has 94 valence electrons. The molecule has 0 spiro atoms. The number of allylic oxidation sites excluding steroid dienone is 1. The summed E-state index contributed by atoms with van der Waals surface area (Å²) in [6.07, 6.45) is 1.19. The third-order valence-electron chi connectivity index (χ3n) is 3.00. The number of amides is 1. The largest absolute Gasteiger partial charge is 0.284 e. The quantitative estimate of drug-likeness (QED) is 0.815. The molecule has 5 nitrogen and oxygen atoms in total. The Balaban J connectivity index is 1.90. The molecule has 1 amide bonds. The summed E-state index contributed by atoms with van der Waals surface area (Å²) in [7, 11) is 0. The van der Waals surface area contributed by atoms with Gasteiger partial charge in [-0.1, -0.05) is 37.3 Å². The summed E-state index contributed by atoms with van der Waals surface area (Å²) in [5, 5.41) is 7.92. The van der Waals surface area contributed by atoms with Crippen LogP contribution in [0.5, 0.6) is 0 Å². The molecule has 0 unspecified atom stereocenters. The van der Waals surface area contributed by atoms with Crippen molar-refractivity contribution in [1.82, 2.24) is 0 Å². The summed E-state index contributed by atoms with van der Waals surface area (Å²) in [6.45, 7) is 1.93. The second kappa shape index (κ2) is 4.68. The lowest BCUT2D eigenvalue weighted by molar-refractivity contribution is -0.114. The molecule has 2 aliphatic heterocycles. The Morgan fingerprint density at radius 3 is 2.58 bits per heavy atom. The predicted octanol–water partition coefficient (Wildman–Crippen LogP) is 2.70. The molecule has 0 aromatic heterocycles. The van der Waals surface area contributed by atoms with Gasteiger partial charge in [-0.25, -0.2) is 4.99 Å². The van der Waals surface area contributed by atoms with Gasteiger partial charge < -0.3 is 0 Å². The fourth-order valence-corrected chi connectivity index (χ4v) is 2.06. The van der Waals surface area contributed by atoms with Gasteiger partial charge in [0.15, 0.2) is 5.84 Å². The van der Waals surface area contributed by atoms with Crippen LogP contribution in [-0.4, -0.2) is 17.6 Å². The van der Waals surface area contributed by atoms with Gasteiger partial charge >= 0.3 is 0 Å². The summed E-state index contributed by atoms with van der Waals surface area (Å²) in [4.78, 5) is 20.3. The molecule has 19 heavy (non-hydrogen) atoms. The lowest BCUT2D eigenvalue weighted by Crippen LogP contribution is -2.18. The van der Waals surface area contributed by atoms with Gasteiger partial charge in [-0.05, 0) is 12.0 Å². The van der Waals surface area contributed by atoms with Crippen molar-refractivity contribution < 1.29 is 4.79 Å². The standard InChI is InChI=1S/C14H12N4O/c1-2-10-12-13(18-17-10)15-11(16-14(12)19)8-9-6-4-3-5-7-9/h3-7H,2,8H2,1H3. The van der Waals surface area contributed by atoms with Gasteiger partial charge in [0.2, 0.25) is 0 Å². The third-order valence-corrected chi connectivity index (χ3v) is 3.00. The van der Waals surface area contributed by atoms with Gasteiger partial charge in [0.05, 0.1) is 5.70 Å². The first kappa shape index (κ1) is 11.6. The number of azo groups is 1. The topological polar surface area (TPSA) is 66.5 Å². The van der Waals surface area contributed by atoms with Gasteiger partial charge in [-0.15, -0.1) is 5.11 Å². The van der Waals surface area contributed by atoms with Crippen molar-refractivity contribution in [2.24, 2.45) is 20.2 Å². The highest BCUT2D eigenvalue weighted by Gasteiger charge is 2.29. The van der Waals surface area contributed by atoms with Gasteiger partial charge in [-0.2, -0.15) is 10.1 Å². The molecule has 2 heterocycles. The number of hydrogen-bond acceptors (Lipinski definition) is 4. The highest BCUT2D eigenvalue weighted by Crippen LogP contribution is 2.24. The number of nitrogens with zero attached hydrogens (tertiary/aromatic N) is 4. The van der Waals surface area contributed by atoms with Gasteiger partial charge in [0.25, 0.3) is 5.91 Å². The molecule has 0 radical (unpaired) electrons. The molecule has 0 fully saturated rings. The first-order valence-corrected chi connectivity index (χ1v) is 6.17. The summed E-state index contributed by atoms with van der Waals surface area (Å²) in [5.74, 6) is 0.617. The maximum atomic E-state index is 12.0. The average Bonchev–Trinajstić information content (AvgIpc) is 2.83. The zero-order valence-electron chi connectivity index (χ0n) is 10.5. The van der Waals surface area contributed by atoms with Crippen LogP contribution in [0.3, 0.4) is 0 Å². The van der Waals surface area contributed by atoms with E-state index in [1.807, 2.05) is 37.3 Å². The van der Waals surface area contributed by atoms with E-state index in [2.05, 4.69) is 20.2 Å². The molecule has 0 saturated carbocycles. The third kappa shape index (κ3) is 2.14. The van der Waals surface area contributed by atoms with Crippen LogP contribution < -0.4 is 0 Å². The number of carbonyl (C=O) groups is 1. The molecular formula is C14H12N4O. The zero-order valence-corrected chi connectivity index (χ0v) is 10.5. The lowest BCUT2D eigenvalue weighted by Gasteiger charge is -2.08. The molecule has 1 aromatic rings. The number of fused-ring (bicyclic) bond motifs is 1. The minimum atomic E-state index is -0.280. The van der Waals surface area contributed by atoms with Gasteiger partial charge in [0, 0.05) is 6.42 Å². The first-order valence-electron chi connectivity index (χ1n) is 6.17. The van der Waals surface area contributed by atoms with Crippen LogP contribution in [0.1, 0.15) is 18.9 Å². The lowest BCUT2D eigenvalue weighted by atomic mass is 10.1. The minimum absolute atomic E-state index is 0.280. The van der Waals surface area contributed by atoms with Crippen molar-refractivity contribution in [1.29, 1.82) is 0 Å². The van der Waals surface area contributed by atoms with Crippen molar-refractivity contribution in [3.8, 4) is 0 Å². The molecule has 1 aromatic carbocycles. The summed E-state index contributed by atoms with van der Waals surface area (Å²) in [6, 6.07) is 9.80. The highest BCUT2D eigenvalue weighted by atomic mass is 16.1. The Morgan fingerprint density at radius 2 is 1.84 bits per heavy atom. The molecule has 0 N–H and O–H groups in total. The molecule has 3 rings (SSSR count). The van der Waals surface area contributed by atoms with Crippen LogP contribution in [-0.2, 0) is 11.2 Å². The Morgan fingerprint density at radius 1 is 1.05 bits per heavy atom. The Labute approximate surface area is 110 Å². The van der Waals surface area contributed by atoms with E-state index in [4.69, 9.17) is 0 Å². The summed E-state index contributed by atoms with van der Waals surface area (Å²) < 4.78 is 0. The van der Waals surface area contributed by atoms with Crippen LogP contribution in [0.15, 0.2) is 61.8 Å². The fourth-order valence-electron chi connectivity index (χ4n) is 2.06. The summed E-state index contributed by atoms with van der Waals surface area (Å²) in [5.41, 5.74) is 2.20. The van der Waals surface area contributed by atoms with Gasteiger partial charge in [-0.3, -0.25) is 4.79 Å². The van der Waals surface area contributed by atoms with Crippen LogP contribution in [0.2, 0.25) is 0 Å². The number of aliphatic imine (C=N–C) groups is 2. The number of benzene rings is 1. The Hall–Kier alpha value is -2.43.